The number of anilines is 2. The molecular formula is C17H22N6O2. The fourth-order valence-electron chi connectivity index (χ4n) is 2.91. The average Bonchev–Trinajstić information content (AvgIpc) is 2.56. The van der Waals surface area contributed by atoms with Gasteiger partial charge in [-0.3, -0.25) is 14.6 Å². The van der Waals surface area contributed by atoms with Crippen LogP contribution in [0.5, 0.6) is 0 Å². The van der Waals surface area contributed by atoms with Gasteiger partial charge >= 0.3 is 0 Å². The van der Waals surface area contributed by atoms with E-state index >= 15 is 0 Å². The molecule has 1 saturated carbocycles. The van der Waals surface area contributed by atoms with Crippen molar-refractivity contribution < 1.29 is 4.79 Å². The predicted molar refractivity (Wildman–Crippen MR) is 96.2 cm³/mol. The number of rotatable bonds is 5. The van der Waals surface area contributed by atoms with Gasteiger partial charge in [0.25, 0.3) is 11.5 Å². The van der Waals surface area contributed by atoms with Crippen molar-refractivity contribution in [2.75, 3.05) is 31.4 Å². The van der Waals surface area contributed by atoms with Gasteiger partial charge in [0.2, 0.25) is 5.95 Å². The summed E-state index contributed by atoms with van der Waals surface area (Å²) in [6, 6.07) is 5.09. The zero-order valence-electron chi connectivity index (χ0n) is 14.5. The standard InChI is InChI=1S/C17H22N6O2/c1-18-15-12(5-4-6-19-15)16(25)20-11-7-10(8-11)13-9-14(24)22-17(21-13)23(2)3/h4-6,9-11H,7-8H2,1-3H3,(H,18,19)(H,20,25)(H,21,22,24). The van der Waals surface area contributed by atoms with E-state index in [0.29, 0.717) is 17.3 Å². The predicted octanol–water partition coefficient (Wildman–Crippen LogP) is 0.949. The van der Waals surface area contributed by atoms with Gasteiger partial charge in [-0.25, -0.2) is 9.97 Å². The van der Waals surface area contributed by atoms with E-state index in [1.54, 1.807) is 30.3 Å². The van der Waals surface area contributed by atoms with Gasteiger partial charge in [0.1, 0.15) is 5.82 Å². The van der Waals surface area contributed by atoms with Gasteiger partial charge in [-0.1, -0.05) is 0 Å². The zero-order valence-corrected chi connectivity index (χ0v) is 14.5. The molecule has 1 aliphatic carbocycles. The Morgan fingerprint density at radius 1 is 1.36 bits per heavy atom. The summed E-state index contributed by atoms with van der Waals surface area (Å²) >= 11 is 0. The fourth-order valence-corrected chi connectivity index (χ4v) is 2.91. The Morgan fingerprint density at radius 2 is 2.12 bits per heavy atom. The Morgan fingerprint density at radius 3 is 2.80 bits per heavy atom. The average molecular weight is 342 g/mol. The fraction of sp³-hybridized carbons (Fsp3) is 0.412. The molecule has 0 aromatic carbocycles. The number of nitrogens with zero attached hydrogens (tertiary/aromatic N) is 3. The topological polar surface area (TPSA) is 103 Å². The van der Waals surface area contributed by atoms with Crippen LogP contribution in [-0.2, 0) is 0 Å². The second-order valence-electron chi connectivity index (χ2n) is 6.38. The van der Waals surface area contributed by atoms with E-state index < -0.39 is 0 Å². The first kappa shape index (κ1) is 16.9. The highest BCUT2D eigenvalue weighted by molar-refractivity contribution is 5.98. The molecule has 0 aliphatic heterocycles. The van der Waals surface area contributed by atoms with Gasteiger partial charge in [-0.2, -0.15) is 0 Å². The molecule has 0 atom stereocenters. The largest absolute Gasteiger partial charge is 0.372 e. The van der Waals surface area contributed by atoms with Crippen molar-refractivity contribution >= 4 is 17.7 Å². The number of aromatic amines is 1. The number of carbonyl (C=O) groups excluding carboxylic acids is 1. The maximum Gasteiger partial charge on any atom is 0.255 e. The van der Waals surface area contributed by atoms with E-state index in [1.165, 1.54) is 6.07 Å². The molecule has 0 saturated heterocycles. The van der Waals surface area contributed by atoms with Gasteiger partial charge < -0.3 is 15.5 Å². The summed E-state index contributed by atoms with van der Waals surface area (Å²) in [5, 5.41) is 5.93. The van der Waals surface area contributed by atoms with E-state index in [0.717, 1.165) is 18.5 Å². The number of nitrogens with one attached hydrogen (secondary N) is 3. The summed E-state index contributed by atoms with van der Waals surface area (Å²) in [6.07, 6.45) is 3.18. The Hall–Kier alpha value is -2.90. The van der Waals surface area contributed by atoms with Crippen molar-refractivity contribution in [2.24, 2.45) is 0 Å². The molecule has 8 nitrogen and oxygen atoms in total. The monoisotopic (exact) mass is 342 g/mol. The number of hydrogen-bond acceptors (Lipinski definition) is 6. The molecule has 0 radical (unpaired) electrons. The first-order valence-corrected chi connectivity index (χ1v) is 8.20. The first-order valence-electron chi connectivity index (χ1n) is 8.20. The van der Waals surface area contributed by atoms with Crippen molar-refractivity contribution in [3.8, 4) is 0 Å². The number of H-pyrrole nitrogens is 1. The molecule has 0 spiro atoms. The maximum absolute atomic E-state index is 12.4. The second-order valence-corrected chi connectivity index (χ2v) is 6.38. The van der Waals surface area contributed by atoms with Crippen LogP contribution in [-0.4, -0.2) is 48.0 Å². The van der Waals surface area contributed by atoms with E-state index in [1.807, 2.05) is 14.1 Å². The number of pyridine rings is 1. The third-order valence-corrected chi connectivity index (χ3v) is 4.35. The summed E-state index contributed by atoms with van der Waals surface area (Å²) < 4.78 is 0. The van der Waals surface area contributed by atoms with Crippen molar-refractivity contribution in [1.82, 2.24) is 20.3 Å². The van der Waals surface area contributed by atoms with Crippen LogP contribution >= 0.6 is 0 Å². The lowest BCUT2D eigenvalue weighted by atomic mass is 9.78. The highest BCUT2D eigenvalue weighted by Gasteiger charge is 2.33. The van der Waals surface area contributed by atoms with E-state index in [-0.39, 0.29) is 23.4 Å². The van der Waals surface area contributed by atoms with Crippen molar-refractivity contribution in [3.63, 3.8) is 0 Å². The minimum atomic E-state index is -0.157. The maximum atomic E-state index is 12.4. The molecule has 2 aromatic heterocycles. The highest BCUT2D eigenvalue weighted by atomic mass is 16.1. The Kier molecular flexibility index (Phi) is 4.69. The van der Waals surface area contributed by atoms with E-state index in [2.05, 4.69) is 25.6 Å². The van der Waals surface area contributed by atoms with Crippen molar-refractivity contribution in [2.45, 2.75) is 24.8 Å². The molecule has 1 fully saturated rings. The summed E-state index contributed by atoms with van der Waals surface area (Å²) in [6.45, 7) is 0. The van der Waals surface area contributed by atoms with Gasteiger partial charge in [0.05, 0.1) is 11.3 Å². The van der Waals surface area contributed by atoms with E-state index in [9.17, 15) is 9.59 Å². The quantitative estimate of drug-likeness (QED) is 0.747. The van der Waals surface area contributed by atoms with Crippen molar-refractivity contribution in [1.29, 1.82) is 0 Å². The molecule has 132 valence electrons. The third-order valence-electron chi connectivity index (χ3n) is 4.35. The Labute approximate surface area is 145 Å². The number of hydrogen-bond donors (Lipinski definition) is 3. The molecule has 3 N–H and O–H groups in total. The van der Waals surface area contributed by atoms with Gasteiger partial charge in [-0.15, -0.1) is 0 Å². The number of amides is 1. The first-order chi connectivity index (χ1) is 12.0. The summed E-state index contributed by atoms with van der Waals surface area (Å²) in [4.78, 5) is 37.3. The lowest BCUT2D eigenvalue weighted by Gasteiger charge is -2.35. The van der Waals surface area contributed by atoms with Gasteiger partial charge in [-0.05, 0) is 25.0 Å². The molecular weight excluding hydrogens is 320 g/mol. The molecule has 8 heteroatoms. The third kappa shape index (κ3) is 3.62. The second kappa shape index (κ2) is 6.92. The number of carbonyl (C=O) groups is 1. The normalized spacial score (nSPS) is 19.0. The van der Waals surface area contributed by atoms with Crippen LogP contribution in [0.25, 0.3) is 0 Å². The summed E-state index contributed by atoms with van der Waals surface area (Å²) in [5.41, 5.74) is 1.14. The van der Waals surface area contributed by atoms with Crippen LogP contribution < -0.4 is 21.1 Å². The lowest BCUT2D eigenvalue weighted by Crippen LogP contribution is -2.44. The van der Waals surface area contributed by atoms with Crippen LogP contribution in [0.1, 0.15) is 34.8 Å². The molecule has 2 heterocycles. The van der Waals surface area contributed by atoms with Crippen LogP contribution in [0.4, 0.5) is 11.8 Å². The molecule has 25 heavy (non-hydrogen) atoms. The molecule has 2 aromatic rings. The van der Waals surface area contributed by atoms with Gasteiger partial charge in [0, 0.05) is 45.4 Å². The molecule has 0 unspecified atom stereocenters. The van der Waals surface area contributed by atoms with Crippen LogP contribution in [0.2, 0.25) is 0 Å². The minimum Gasteiger partial charge on any atom is -0.372 e. The Bertz CT molecular complexity index is 826. The lowest BCUT2D eigenvalue weighted by molar-refractivity contribution is 0.0908. The van der Waals surface area contributed by atoms with Crippen LogP contribution in [0.3, 0.4) is 0 Å². The Balaban J connectivity index is 1.63. The highest BCUT2D eigenvalue weighted by Crippen LogP contribution is 2.36. The molecule has 1 aliphatic rings. The van der Waals surface area contributed by atoms with E-state index in [4.69, 9.17) is 0 Å². The molecule has 1 amide bonds. The minimum absolute atomic E-state index is 0.0753. The van der Waals surface area contributed by atoms with Crippen molar-refractivity contribution in [3.05, 3.63) is 46.0 Å². The van der Waals surface area contributed by atoms with Gasteiger partial charge in [0.15, 0.2) is 0 Å². The van der Waals surface area contributed by atoms with Crippen LogP contribution in [0.15, 0.2) is 29.2 Å². The van der Waals surface area contributed by atoms with Crippen LogP contribution in [0, 0.1) is 0 Å². The summed E-state index contributed by atoms with van der Waals surface area (Å²) in [7, 11) is 5.40. The molecule has 3 rings (SSSR count). The number of aromatic nitrogens is 3. The zero-order chi connectivity index (χ0) is 18.0. The smallest absolute Gasteiger partial charge is 0.255 e. The SMILES string of the molecule is CNc1ncccc1C(=O)NC1CC(c2cc(=O)[nH]c(N(C)C)n2)C1. The summed E-state index contributed by atoms with van der Waals surface area (Å²) in [5.74, 6) is 1.14. The molecule has 0 bridgehead atoms.